The molecule has 0 aromatic heterocycles. The second-order valence-corrected chi connectivity index (χ2v) is 6.73. The van der Waals surface area contributed by atoms with Gasteiger partial charge in [0.1, 0.15) is 0 Å². The third-order valence-electron chi connectivity index (χ3n) is 3.33. The Hall–Kier alpha value is -1.22. The van der Waals surface area contributed by atoms with E-state index in [1.54, 1.807) is 6.92 Å². The van der Waals surface area contributed by atoms with E-state index in [1.165, 1.54) is 18.2 Å². The molecule has 1 aliphatic rings. The molecule has 118 valence electrons. The summed E-state index contributed by atoms with van der Waals surface area (Å²) in [4.78, 5) is -0.248. The predicted octanol–water partition coefficient (Wildman–Crippen LogP) is 2.96. The highest BCUT2D eigenvalue weighted by molar-refractivity contribution is 7.89. The van der Waals surface area contributed by atoms with Crippen LogP contribution in [0.3, 0.4) is 0 Å². The van der Waals surface area contributed by atoms with Gasteiger partial charge in [0, 0.05) is 18.9 Å². The van der Waals surface area contributed by atoms with Gasteiger partial charge in [-0.2, -0.15) is 22.0 Å². The number of benzene rings is 1. The molecule has 1 aliphatic heterocycles. The minimum atomic E-state index is -5.66. The van der Waals surface area contributed by atoms with Gasteiger partial charge in [-0.1, -0.05) is 17.7 Å². The standard InChI is InChI=1S/C12H12F5NO2S/c1-7-2-3-10-9(4-7)8(6-18-21(10,19)20)5-11(13,14)12(15,16)17/h2-4,8,18H,5-6H2,1H3/t8-/m0/s1. The number of halogens is 5. The van der Waals surface area contributed by atoms with Crippen LogP contribution in [0.1, 0.15) is 23.5 Å². The van der Waals surface area contributed by atoms with E-state index in [2.05, 4.69) is 0 Å². The van der Waals surface area contributed by atoms with Gasteiger partial charge < -0.3 is 0 Å². The van der Waals surface area contributed by atoms with Crippen LogP contribution in [0.2, 0.25) is 0 Å². The van der Waals surface area contributed by atoms with Crippen molar-refractivity contribution < 1.29 is 30.4 Å². The first-order valence-electron chi connectivity index (χ1n) is 5.99. The second-order valence-electron chi connectivity index (χ2n) is 5.00. The summed E-state index contributed by atoms with van der Waals surface area (Å²) in [5.41, 5.74) is 0.587. The van der Waals surface area contributed by atoms with Gasteiger partial charge >= 0.3 is 12.1 Å². The molecule has 2 rings (SSSR count). The molecule has 0 spiro atoms. The fourth-order valence-electron chi connectivity index (χ4n) is 2.24. The molecule has 1 N–H and O–H groups in total. The zero-order valence-electron chi connectivity index (χ0n) is 10.8. The van der Waals surface area contributed by atoms with E-state index < -0.39 is 41.0 Å². The van der Waals surface area contributed by atoms with Gasteiger partial charge in [-0.05, 0) is 18.6 Å². The first kappa shape index (κ1) is 16.2. The van der Waals surface area contributed by atoms with Crippen molar-refractivity contribution in [2.75, 3.05) is 6.54 Å². The van der Waals surface area contributed by atoms with E-state index in [1.807, 2.05) is 4.72 Å². The van der Waals surface area contributed by atoms with Gasteiger partial charge in [0.15, 0.2) is 0 Å². The van der Waals surface area contributed by atoms with E-state index in [4.69, 9.17) is 0 Å². The average molecular weight is 329 g/mol. The van der Waals surface area contributed by atoms with Crippen LogP contribution in [0.25, 0.3) is 0 Å². The fraction of sp³-hybridized carbons (Fsp3) is 0.500. The zero-order chi connectivity index (χ0) is 16.1. The lowest BCUT2D eigenvalue weighted by Gasteiger charge is -2.30. The SMILES string of the molecule is Cc1ccc2c(c1)[C@@H](CC(F)(F)C(F)(F)F)CNS2(=O)=O. The van der Waals surface area contributed by atoms with Gasteiger partial charge in [-0.3, -0.25) is 0 Å². The molecule has 3 nitrogen and oxygen atoms in total. The highest BCUT2D eigenvalue weighted by Gasteiger charge is 2.58. The van der Waals surface area contributed by atoms with Crippen LogP contribution in [0.15, 0.2) is 23.1 Å². The molecule has 0 fully saturated rings. The number of aryl methyl sites for hydroxylation is 1. The van der Waals surface area contributed by atoms with Crippen molar-refractivity contribution in [1.29, 1.82) is 0 Å². The van der Waals surface area contributed by atoms with Crippen LogP contribution in [0, 0.1) is 6.92 Å². The highest BCUT2D eigenvalue weighted by Crippen LogP contribution is 2.44. The Labute approximate surface area is 118 Å². The summed E-state index contributed by atoms with van der Waals surface area (Å²) in [7, 11) is -3.86. The molecule has 9 heteroatoms. The molecule has 1 aromatic carbocycles. The maximum Gasteiger partial charge on any atom is 0.453 e. The van der Waals surface area contributed by atoms with Gasteiger partial charge in [0.05, 0.1) is 4.90 Å². The number of fused-ring (bicyclic) bond motifs is 1. The summed E-state index contributed by atoms with van der Waals surface area (Å²) in [6.45, 7) is 1.12. The molecule has 0 bridgehead atoms. The number of rotatable bonds is 2. The third-order valence-corrected chi connectivity index (χ3v) is 4.83. The molecular weight excluding hydrogens is 317 g/mol. The van der Waals surface area contributed by atoms with Gasteiger partial charge in [0.2, 0.25) is 10.0 Å². The molecule has 0 aliphatic carbocycles. The average Bonchev–Trinajstić information content (AvgIpc) is 2.31. The summed E-state index contributed by atoms with van der Waals surface area (Å²) < 4.78 is 88.9. The van der Waals surface area contributed by atoms with Crippen LogP contribution in [0.4, 0.5) is 22.0 Å². The Kier molecular flexibility index (Phi) is 3.78. The van der Waals surface area contributed by atoms with Crippen molar-refractivity contribution in [3.05, 3.63) is 29.3 Å². The topological polar surface area (TPSA) is 46.2 Å². The monoisotopic (exact) mass is 329 g/mol. The molecule has 1 aromatic rings. The Morgan fingerprint density at radius 3 is 2.43 bits per heavy atom. The van der Waals surface area contributed by atoms with Gasteiger partial charge in [-0.15, -0.1) is 0 Å². The molecular formula is C12H12F5NO2S. The summed E-state index contributed by atoms with van der Waals surface area (Å²) in [5.74, 6) is -6.11. The summed E-state index contributed by atoms with van der Waals surface area (Å²) in [6, 6.07) is 4.01. The quantitative estimate of drug-likeness (QED) is 0.848. The lowest BCUT2D eigenvalue weighted by atomic mass is 9.91. The lowest BCUT2D eigenvalue weighted by Crippen LogP contribution is -2.42. The van der Waals surface area contributed by atoms with Crippen LogP contribution >= 0.6 is 0 Å². The predicted molar refractivity (Wildman–Crippen MR) is 64.7 cm³/mol. The van der Waals surface area contributed by atoms with Crippen molar-refractivity contribution in [3.63, 3.8) is 0 Å². The molecule has 1 atom stereocenters. The largest absolute Gasteiger partial charge is 0.453 e. The normalized spacial score (nSPS) is 21.9. The highest BCUT2D eigenvalue weighted by atomic mass is 32.2. The van der Waals surface area contributed by atoms with E-state index in [0.717, 1.165) is 0 Å². The first-order valence-corrected chi connectivity index (χ1v) is 7.47. The number of alkyl halides is 5. The molecule has 1 heterocycles. The van der Waals surface area contributed by atoms with Crippen molar-refractivity contribution >= 4 is 10.0 Å². The van der Waals surface area contributed by atoms with E-state index in [-0.39, 0.29) is 10.5 Å². The molecule has 0 saturated heterocycles. The summed E-state index contributed by atoms with van der Waals surface area (Å²) in [6.07, 6.45) is -7.15. The molecule has 0 radical (unpaired) electrons. The van der Waals surface area contributed by atoms with Crippen LogP contribution in [-0.4, -0.2) is 27.1 Å². The summed E-state index contributed by atoms with van der Waals surface area (Å²) >= 11 is 0. The number of nitrogens with one attached hydrogen (secondary N) is 1. The first-order chi connectivity index (χ1) is 9.44. The second kappa shape index (κ2) is 4.91. The number of hydrogen-bond donors (Lipinski definition) is 1. The van der Waals surface area contributed by atoms with Crippen molar-refractivity contribution in [2.24, 2.45) is 0 Å². The Bertz CT molecular complexity index is 654. The molecule has 21 heavy (non-hydrogen) atoms. The number of sulfonamides is 1. The third kappa shape index (κ3) is 3.03. The Morgan fingerprint density at radius 1 is 1.24 bits per heavy atom. The smallest absolute Gasteiger partial charge is 0.211 e. The van der Waals surface area contributed by atoms with Crippen LogP contribution in [-0.2, 0) is 10.0 Å². The van der Waals surface area contributed by atoms with Crippen molar-refractivity contribution in [3.8, 4) is 0 Å². The molecule has 0 amide bonds. The minimum absolute atomic E-state index is 0.00215. The zero-order valence-corrected chi connectivity index (χ0v) is 11.7. The minimum Gasteiger partial charge on any atom is -0.211 e. The lowest BCUT2D eigenvalue weighted by molar-refractivity contribution is -0.285. The van der Waals surface area contributed by atoms with Gasteiger partial charge in [0.25, 0.3) is 0 Å². The Balaban J connectivity index is 2.43. The maximum absolute atomic E-state index is 13.2. The molecule has 0 unspecified atom stereocenters. The van der Waals surface area contributed by atoms with Crippen molar-refractivity contribution in [1.82, 2.24) is 4.72 Å². The number of hydrogen-bond acceptors (Lipinski definition) is 2. The molecule has 0 saturated carbocycles. The van der Waals surface area contributed by atoms with Crippen LogP contribution < -0.4 is 4.72 Å². The summed E-state index contributed by atoms with van der Waals surface area (Å²) in [5, 5.41) is 0. The van der Waals surface area contributed by atoms with E-state index >= 15 is 0 Å². The fourth-order valence-corrected chi connectivity index (χ4v) is 3.60. The van der Waals surface area contributed by atoms with Gasteiger partial charge in [-0.25, -0.2) is 13.1 Å². The van der Waals surface area contributed by atoms with Crippen LogP contribution in [0.5, 0.6) is 0 Å². The van der Waals surface area contributed by atoms with E-state index in [9.17, 15) is 30.4 Å². The van der Waals surface area contributed by atoms with Crippen molar-refractivity contribution in [2.45, 2.75) is 36.3 Å². The van der Waals surface area contributed by atoms with E-state index in [0.29, 0.717) is 5.56 Å². The Morgan fingerprint density at radius 2 is 1.86 bits per heavy atom. The maximum atomic E-state index is 13.2.